The quantitative estimate of drug-likeness (QED) is 0.469. The Morgan fingerprint density at radius 3 is 2.81 bits per heavy atom. The molecule has 0 amide bonds. The number of nitrogens with one attached hydrogen (secondary N) is 1. The fourth-order valence-corrected chi connectivity index (χ4v) is 2.37. The molecule has 0 aliphatic carbocycles. The van der Waals surface area contributed by atoms with Gasteiger partial charge >= 0.3 is 6.01 Å². The van der Waals surface area contributed by atoms with E-state index in [1.165, 1.54) is 0 Å². The molecule has 136 valence electrons. The molecule has 3 rings (SSSR count). The average Bonchev–Trinajstić information content (AvgIpc) is 3.05. The fraction of sp³-hybridized carbons (Fsp3) is 0.300. The summed E-state index contributed by atoms with van der Waals surface area (Å²) in [5.41, 5.74) is 5.18. The van der Waals surface area contributed by atoms with Gasteiger partial charge in [-0.1, -0.05) is 26.0 Å². The van der Waals surface area contributed by atoms with Gasteiger partial charge in [0, 0.05) is 0 Å². The number of anilines is 1. The molecular weight excluding hydrogens is 330 g/mol. The lowest BCUT2D eigenvalue weighted by atomic mass is 10.1. The molecule has 1 aromatic heterocycles. The van der Waals surface area contributed by atoms with Crippen molar-refractivity contribution in [3.63, 3.8) is 0 Å². The van der Waals surface area contributed by atoms with Crippen molar-refractivity contribution < 1.29 is 13.9 Å². The number of oxazole rings is 1. The first kappa shape index (κ1) is 17.8. The van der Waals surface area contributed by atoms with Gasteiger partial charge in [-0.25, -0.2) is 5.43 Å². The van der Waals surface area contributed by atoms with Crippen LogP contribution in [-0.2, 0) is 0 Å². The Balaban J connectivity index is 1.64. The highest BCUT2D eigenvalue weighted by atomic mass is 16.5. The molecule has 0 aliphatic heterocycles. The molecule has 0 radical (unpaired) electrons. The minimum Gasteiger partial charge on any atom is -0.493 e. The minimum atomic E-state index is 0.350. The monoisotopic (exact) mass is 353 g/mol. The van der Waals surface area contributed by atoms with Crippen molar-refractivity contribution >= 4 is 23.3 Å². The largest absolute Gasteiger partial charge is 0.493 e. The highest BCUT2D eigenvalue weighted by Gasteiger charge is 2.06. The standard InChI is InChI=1S/C20H23N3O3/c1-14(2)10-11-25-18-9-8-15(12-19(18)24-3)13-21-23-20-22-16-6-4-5-7-17(16)26-20/h4-9,12-14H,10-11H2,1-3H3,(H,22,23). The maximum atomic E-state index is 5.79. The van der Waals surface area contributed by atoms with Gasteiger partial charge in [-0.05, 0) is 48.2 Å². The van der Waals surface area contributed by atoms with Crippen molar-refractivity contribution in [1.82, 2.24) is 4.98 Å². The van der Waals surface area contributed by atoms with Crippen LogP contribution in [0.1, 0.15) is 25.8 Å². The number of hydrazone groups is 1. The summed E-state index contributed by atoms with van der Waals surface area (Å²) in [4.78, 5) is 4.30. The Morgan fingerprint density at radius 2 is 2.04 bits per heavy atom. The second kappa shape index (κ2) is 8.38. The molecule has 6 heteroatoms. The number of hydrogen-bond donors (Lipinski definition) is 1. The molecule has 1 N–H and O–H groups in total. The smallest absolute Gasteiger partial charge is 0.316 e. The third kappa shape index (κ3) is 4.53. The molecule has 0 saturated heterocycles. The van der Waals surface area contributed by atoms with E-state index in [1.807, 2.05) is 42.5 Å². The van der Waals surface area contributed by atoms with Crippen molar-refractivity contribution in [2.45, 2.75) is 20.3 Å². The lowest BCUT2D eigenvalue weighted by Crippen LogP contribution is -2.03. The third-order valence-electron chi connectivity index (χ3n) is 3.81. The maximum absolute atomic E-state index is 5.79. The topological polar surface area (TPSA) is 68.9 Å². The van der Waals surface area contributed by atoms with Crippen molar-refractivity contribution in [3.8, 4) is 11.5 Å². The van der Waals surface area contributed by atoms with Gasteiger partial charge in [0.1, 0.15) is 5.52 Å². The van der Waals surface area contributed by atoms with Gasteiger partial charge in [0.05, 0.1) is 19.9 Å². The predicted octanol–water partition coefficient (Wildman–Crippen LogP) is 4.71. The van der Waals surface area contributed by atoms with Crippen LogP contribution in [0.15, 0.2) is 52.0 Å². The first-order valence-corrected chi connectivity index (χ1v) is 8.61. The number of para-hydroxylation sites is 2. The minimum absolute atomic E-state index is 0.350. The van der Waals surface area contributed by atoms with E-state index in [-0.39, 0.29) is 0 Å². The summed E-state index contributed by atoms with van der Waals surface area (Å²) < 4.78 is 16.8. The number of benzene rings is 2. The van der Waals surface area contributed by atoms with E-state index in [0.717, 1.165) is 28.8 Å². The van der Waals surface area contributed by atoms with Crippen LogP contribution < -0.4 is 14.9 Å². The molecule has 0 aliphatic rings. The van der Waals surface area contributed by atoms with Crippen molar-refractivity contribution in [3.05, 3.63) is 48.0 Å². The zero-order valence-electron chi connectivity index (χ0n) is 15.2. The summed E-state index contributed by atoms with van der Waals surface area (Å²) in [7, 11) is 1.63. The molecule has 0 fully saturated rings. The van der Waals surface area contributed by atoms with Crippen LogP contribution in [0.3, 0.4) is 0 Å². The summed E-state index contributed by atoms with van der Waals surface area (Å²) >= 11 is 0. The molecule has 26 heavy (non-hydrogen) atoms. The highest BCUT2D eigenvalue weighted by molar-refractivity contribution is 5.81. The Labute approximate surface area is 152 Å². The van der Waals surface area contributed by atoms with Crippen LogP contribution in [0.25, 0.3) is 11.1 Å². The normalized spacial score (nSPS) is 11.4. The van der Waals surface area contributed by atoms with Crippen molar-refractivity contribution in [2.24, 2.45) is 11.0 Å². The van der Waals surface area contributed by atoms with Gasteiger partial charge < -0.3 is 13.9 Å². The number of aromatic nitrogens is 1. The first-order valence-electron chi connectivity index (χ1n) is 8.61. The molecule has 3 aromatic rings. The number of methoxy groups -OCH3 is 1. The van der Waals surface area contributed by atoms with Crippen LogP contribution in [0.2, 0.25) is 0 Å². The van der Waals surface area contributed by atoms with Crippen LogP contribution in [0.4, 0.5) is 6.01 Å². The SMILES string of the molecule is COc1cc(C=NNc2nc3ccccc3o2)ccc1OCCC(C)C. The number of ether oxygens (including phenoxy) is 2. The fourth-order valence-electron chi connectivity index (χ4n) is 2.37. The second-order valence-electron chi connectivity index (χ2n) is 6.30. The Hall–Kier alpha value is -3.02. The third-order valence-corrected chi connectivity index (χ3v) is 3.81. The molecule has 0 atom stereocenters. The van der Waals surface area contributed by atoms with Gasteiger partial charge in [-0.2, -0.15) is 10.1 Å². The molecule has 2 aromatic carbocycles. The average molecular weight is 353 g/mol. The van der Waals surface area contributed by atoms with Crippen molar-refractivity contribution in [2.75, 3.05) is 19.1 Å². The summed E-state index contributed by atoms with van der Waals surface area (Å²) in [5.74, 6) is 2.02. The Bertz CT molecular complexity index is 854. The zero-order valence-corrected chi connectivity index (χ0v) is 15.2. The number of rotatable bonds is 8. The van der Waals surface area contributed by atoms with E-state index in [9.17, 15) is 0 Å². The Morgan fingerprint density at radius 1 is 1.19 bits per heavy atom. The molecular formula is C20H23N3O3. The second-order valence-corrected chi connectivity index (χ2v) is 6.30. The van der Waals surface area contributed by atoms with Crippen LogP contribution in [0.5, 0.6) is 11.5 Å². The van der Waals surface area contributed by atoms with Gasteiger partial charge in [0.25, 0.3) is 0 Å². The molecule has 0 unspecified atom stereocenters. The molecule has 0 saturated carbocycles. The van der Waals surface area contributed by atoms with Crippen LogP contribution >= 0.6 is 0 Å². The van der Waals surface area contributed by atoms with Gasteiger partial charge in [0.15, 0.2) is 17.1 Å². The summed E-state index contributed by atoms with van der Waals surface area (Å²) in [6, 6.07) is 13.6. The van der Waals surface area contributed by atoms with E-state index in [1.54, 1.807) is 13.3 Å². The van der Waals surface area contributed by atoms with E-state index < -0.39 is 0 Å². The first-order chi connectivity index (χ1) is 12.7. The predicted molar refractivity (Wildman–Crippen MR) is 103 cm³/mol. The lowest BCUT2D eigenvalue weighted by Gasteiger charge is -2.12. The van der Waals surface area contributed by atoms with Gasteiger partial charge in [-0.15, -0.1) is 0 Å². The molecule has 0 spiro atoms. The van der Waals surface area contributed by atoms with E-state index in [4.69, 9.17) is 13.9 Å². The van der Waals surface area contributed by atoms with Gasteiger partial charge in [0.2, 0.25) is 0 Å². The van der Waals surface area contributed by atoms with E-state index >= 15 is 0 Å². The summed E-state index contributed by atoms with van der Waals surface area (Å²) in [6.45, 7) is 5.01. The summed E-state index contributed by atoms with van der Waals surface area (Å²) in [5, 5.41) is 4.17. The van der Waals surface area contributed by atoms with Crippen LogP contribution in [0, 0.1) is 5.92 Å². The Kier molecular flexibility index (Phi) is 5.73. The molecule has 0 bridgehead atoms. The van der Waals surface area contributed by atoms with E-state index in [2.05, 4.69) is 29.4 Å². The van der Waals surface area contributed by atoms with Crippen molar-refractivity contribution in [1.29, 1.82) is 0 Å². The number of hydrogen-bond acceptors (Lipinski definition) is 6. The highest BCUT2D eigenvalue weighted by Crippen LogP contribution is 2.28. The van der Waals surface area contributed by atoms with Gasteiger partial charge in [-0.3, -0.25) is 0 Å². The van der Waals surface area contributed by atoms with E-state index in [0.29, 0.717) is 24.3 Å². The number of nitrogens with zero attached hydrogens (tertiary/aromatic N) is 2. The lowest BCUT2D eigenvalue weighted by molar-refractivity contribution is 0.273. The molecule has 1 heterocycles. The zero-order chi connectivity index (χ0) is 18.4. The number of fused-ring (bicyclic) bond motifs is 1. The van der Waals surface area contributed by atoms with Crippen LogP contribution in [-0.4, -0.2) is 24.9 Å². The maximum Gasteiger partial charge on any atom is 0.316 e. The summed E-state index contributed by atoms with van der Waals surface area (Å²) in [6.07, 6.45) is 2.68. The molecule has 6 nitrogen and oxygen atoms in total.